The minimum Gasteiger partial charge on any atom is -0.392 e. The summed E-state index contributed by atoms with van der Waals surface area (Å²) in [5.74, 6) is 0.434. The van der Waals surface area contributed by atoms with E-state index in [1.165, 1.54) is 5.56 Å². The lowest BCUT2D eigenvalue weighted by atomic mass is 9.94. The van der Waals surface area contributed by atoms with Crippen molar-refractivity contribution in [3.63, 3.8) is 0 Å². The van der Waals surface area contributed by atoms with Gasteiger partial charge >= 0.3 is 0 Å². The molecular formula is C12H17IO. The van der Waals surface area contributed by atoms with Crippen LogP contribution in [-0.2, 0) is 0 Å². The standard InChI is InChI=1S/C12H17IO/c1-9(8-12(14)10(2)13)11-6-4-3-5-7-11/h3-7,9-10,12,14H,8H2,1-2H3/t9?,10-,12-/m0/s1. The fourth-order valence-electron chi connectivity index (χ4n) is 1.47. The van der Waals surface area contributed by atoms with Crippen molar-refractivity contribution >= 4 is 22.6 Å². The van der Waals surface area contributed by atoms with Crippen LogP contribution in [0.4, 0.5) is 0 Å². The molecule has 0 heterocycles. The van der Waals surface area contributed by atoms with Gasteiger partial charge in [-0.3, -0.25) is 0 Å². The van der Waals surface area contributed by atoms with Crippen molar-refractivity contribution in [2.75, 3.05) is 0 Å². The largest absolute Gasteiger partial charge is 0.392 e. The molecule has 0 aliphatic heterocycles. The molecule has 78 valence electrons. The van der Waals surface area contributed by atoms with E-state index in [0.29, 0.717) is 9.84 Å². The molecule has 1 nitrogen and oxygen atoms in total. The minimum absolute atomic E-state index is 0.203. The number of aliphatic hydroxyl groups excluding tert-OH is 1. The molecule has 3 atom stereocenters. The first-order valence-corrected chi connectivity index (χ1v) is 6.23. The van der Waals surface area contributed by atoms with Crippen molar-refractivity contribution < 1.29 is 5.11 Å². The van der Waals surface area contributed by atoms with Crippen LogP contribution in [0.15, 0.2) is 30.3 Å². The highest BCUT2D eigenvalue weighted by molar-refractivity contribution is 14.1. The maximum atomic E-state index is 9.75. The first-order valence-electron chi connectivity index (χ1n) is 4.98. The molecule has 1 unspecified atom stereocenters. The lowest BCUT2D eigenvalue weighted by Crippen LogP contribution is -2.19. The Hall–Kier alpha value is -0.0900. The van der Waals surface area contributed by atoms with Crippen LogP contribution >= 0.6 is 22.6 Å². The Kier molecular flexibility index (Phi) is 4.89. The van der Waals surface area contributed by atoms with Gasteiger partial charge in [0.25, 0.3) is 0 Å². The average molecular weight is 304 g/mol. The summed E-state index contributed by atoms with van der Waals surface area (Å²) in [4.78, 5) is 0. The van der Waals surface area contributed by atoms with Gasteiger partial charge in [-0.25, -0.2) is 0 Å². The maximum Gasteiger partial charge on any atom is 0.0660 e. The summed E-state index contributed by atoms with van der Waals surface area (Å²) in [5, 5.41) is 9.75. The SMILES string of the molecule is CC(C[C@H](O)[C@H](C)I)c1ccccc1. The highest BCUT2D eigenvalue weighted by atomic mass is 127. The van der Waals surface area contributed by atoms with Gasteiger partial charge in [0.1, 0.15) is 0 Å². The highest BCUT2D eigenvalue weighted by Crippen LogP contribution is 2.23. The van der Waals surface area contributed by atoms with Crippen LogP contribution in [0.1, 0.15) is 31.7 Å². The molecule has 0 saturated carbocycles. The smallest absolute Gasteiger partial charge is 0.0660 e. The first-order chi connectivity index (χ1) is 6.61. The molecule has 0 amide bonds. The maximum absolute atomic E-state index is 9.75. The summed E-state index contributed by atoms with van der Waals surface area (Å²) in [6.07, 6.45) is 0.638. The van der Waals surface area contributed by atoms with Gasteiger partial charge in [-0.2, -0.15) is 0 Å². The van der Waals surface area contributed by atoms with E-state index in [2.05, 4.69) is 41.6 Å². The molecule has 1 rings (SSSR count). The number of benzene rings is 1. The zero-order valence-electron chi connectivity index (χ0n) is 8.65. The topological polar surface area (TPSA) is 20.2 Å². The highest BCUT2D eigenvalue weighted by Gasteiger charge is 2.15. The second-order valence-corrected chi connectivity index (χ2v) is 5.76. The number of alkyl halides is 1. The van der Waals surface area contributed by atoms with Crippen LogP contribution in [-0.4, -0.2) is 15.1 Å². The van der Waals surface area contributed by atoms with Gasteiger partial charge in [0.05, 0.1) is 6.10 Å². The average Bonchev–Trinajstić information content (AvgIpc) is 2.19. The van der Waals surface area contributed by atoms with Crippen LogP contribution in [0.2, 0.25) is 0 Å². The predicted octanol–water partition coefficient (Wildman–Crippen LogP) is 3.36. The lowest BCUT2D eigenvalue weighted by Gasteiger charge is -2.18. The Morgan fingerprint density at radius 2 is 1.79 bits per heavy atom. The Morgan fingerprint density at radius 3 is 2.29 bits per heavy atom. The molecule has 0 aromatic heterocycles. The van der Waals surface area contributed by atoms with Gasteiger partial charge < -0.3 is 5.11 Å². The summed E-state index contributed by atoms with van der Waals surface area (Å²) in [5.41, 5.74) is 1.31. The number of rotatable bonds is 4. The third-order valence-electron chi connectivity index (χ3n) is 2.49. The van der Waals surface area contributed by atoms with Gasteiger partial charge in [-0.15, -0.1) is 0 Å². The molecular weight excluding hydrogens is 287 g/mol. The fourth-order valence-corrected chi connectivity index (χ4v) is 1.76. The van der Waals surface area contributed by atoms with Crippen molar-refractivity contribution in [1.29, 1.82) is 0 Å². The second kappa shape index (κ2) is 5.71. The number of halogens is 1. The van der Waals surface area contributed by atoms with E-state index >= 15 is 0 Å². The molecule has 0 fully saturated rings. The van der Waals surface area contributed by atoms with Crippen LogP contribution in [0.25, 0.3) is 0 Å². The normalized spacial score (nSPS) is 17.4. The Labute approximate surface area is 99.7 Å². The third kappa shape index (κ3) is 3.58. The van der Waals surface area contributed by atoms with Gasteiger partial charge in [0, 0.05) is 3.92 Å². The summed E-state index contributed by atoms with van der Waals surface area (Å²) >= 11 is 2.27. The molecule has 2 heteroatoms. The predicted molar refractivity (Wildman–Crippen MR) is 69.0 cm³/mol. The molecule has 0 saturated heterocycles. The van der Waals surface area contributed by atoms with E-state index in [9.17, 15) is 5.11 Å². The molecule has 0 aliphatic carbocycles. The van der Waals surface area contributed by atoms with Crippen molar-refractivity contribution in [2.24, 2.45) is 0 Å². The first kappa shape index (κ1) is 12.0. The molecule has 0 radical (unpaired) electrons. The second-order valence-electron chi connectivity index (χ2n) is 3.79. The Balaban J connectivity index is 2.55. The number of hydrogen-bond donors (Lipinski definition) is 1. The molecule has 1 aromatic rings. The van der Waals surface area contributed by atoms with Crippen LogP contribution < -0.4 is 0 Å². The van der Waals surface area contributed by atoms with Gasteiger partial charge in [-0.1, -0.05) is 66.8 Å². The fraction of sp³-hybridized carbons (Fsp3) is 0.500. The monoisotopic (exact) mass is 304 g/mol. The van der Waals surface area contributed by atoms with Gasteiger partial charge in [0.15, 0.2) is 0 Å². The van der Waals surface area contributed by atoms with E-state index in [-0.39, 0.29) is 6.10 Å². The molecule has 0 aliphatic rings. The van der Waals surface area contributed by atoms with Crippen molar-refractivity contribution in [3.8, 4) is 0 Å². The van der Waals surface area contributed by atoms with E-state index in [1.807, 2.05) is 25.1 Å². The molecule has 14 heavy (non-hydrogen) atoms. The van der Waals surface area contributed by atoms with Gasteiger partial charge in [-0.05, 0) is 17.9 Å². The summed E-state index contributed by atoms with van der Waals surface area (Å²) < 4.78 is 0.318. The van der Waals surface area contributed by atoms with E-state index in [1.54, 1.807) is 0 Å². The molecule has 0 bridgehead atoms. The zero-order valence-corrected chi connectivity index (χ0v) is 10.8. The van der Waals surface area contributed by atoms with E-state index in [4.69, 9.17) is 0 Å². The van der Waals surface area contributed by atoms with Gasteiger partial charge in [0.2, 0.25) is 0 Å². The van der Waals surface area contributed by atoms with Crippen molar-refractivity contribution in [3.05, 3.63) is 35.9 Å². The number of aliphatic hydroxyl groups is 1. The van der Waals surface area contributed by atoms with E-state index < -0.39 is 0 Å². The van der Waals surface area contributed by atoms with Crippen LogP contribution in [0, 0.1) is 0 Å². The summed E-state index contributed by atoms with van der Waals surface area (Å²) in [6, 6.07) is 10.4. The summed E-state index contributed by atoms with van der Waals surface area (Å²) in [6.45, 7) is 4.21. The summed E-state index contributed by atoms with van der Waals surface area (Å²) in [7, 11) is 0. The quantitative estimate of drug-likeness (QED) is 0.668. The number of hydrogen-bond acceptors (Lipinski definition) is 1. The molecule has 0 spiro atoms. The lowest BCUT2D eigenvalue weighted by molar-refractivity contribution is 0.162. The Morgan fingerprint density at radius 1 is 1.21 bits per heavy atom. The molecule has 1 aromatic carbocycles. The molecule has 1 N–H and O–H groups in total. The third-order valence-corrected chi connectivity index (χ3v) is 3.32. The van der Waals surface area contributed by atoms with E-state index in [0.717, 1.165) is 6.42 Å². The van der Waals surface area contributed by atoms with Crippen molar-refractivity contribution in [2.45, 2.75) is 36.2 Å². The zero-order chi connectivity index (χ0) is 10.6. The van der Waals surface area contributed by atoms with Crippen LogP contribution in [0.3, 0.4) is 0 Å². The van der Waals surface area contributed by atoms with Crippen LogP contribution in [0.5, 0.6) is 0 Å². The minimum atomic E-state index is -0.203. The van der Waals surface area contributed by atoms with Crippen molar-refractivity contribution in [1.82, 2.24) is 0 Å². The Bertz CT molecular complexity index is 258.